The number of aromatic nitrogens is 2. The van der Waals surface area contributed by atoms with Crippen LogP contribution in [-0.2, 0) is 19.5 Å². The van der Waals surface area contributed by atoms with Crippen molar-refractivity contribution in [2.45, 2.75) is 57.5 Å². The normalized spacial score (nSPS) is 15.2. The van der Waals surface area contributed by atoms with Crippen LogP contribution in [0.2, 0.25) is 0 Å². The maximum absolute atomic E-state index is 13.9. The Labute approximate surface area is 236 Å². The van der Waals surface area contributed by atoms with Crippen LogP contribution in [0.3, 0.4) is 0 Å². The Morgan fingerprint density at radius 1 is 0.875 bits per heavy atom. The van der Waals surface area contributed by atoms with E-state index >= 15 is 0 Å². The highest BCUT2D eigenvalue weighted by atomic mass is 16.2. The second-order valence-corrected chi connectivity index (χ2v) is 11.1. The minimum absolute atomic E-state index is 0.0161. The van der Waals surface area contributed by atoms with Crippen LogP contribution in [0.4, 0.5) is 5.69 Å². The summed E-state index contributed by atoms with van der Waals surface area (Å²) in [6, 6.07) is 26.0. The molecule has 6 rings (SSSR count). The summed E-state index contributed by atoms with van der Waals surface area (Å²) < 4.78 is 2.07. The fraction of sp³-hybridized carbons (Fsp3) is 0.324. The van der Waals surface area contributed by atoms with E-state index in [1.807, 2.05) is 72.6 Å². The molecule has 1 fully saturated rings. The Bertz CT molecular complexity index is 1490. The molecule has 6 heteroatoms. The number of amides is 2. The SMILES string of the molecule is CN(CCc1ccccn1)C(=O)c1ccc2n1Cc1ccccc1N(C(=O)c1ccc(C3CCCCC3)cc1)C2. The van der Waals surface area contributed by atoms with E-state index in [0.29, 0.717) is 43.2 Å². The van der Waals surface area contributed by atoms with Gasteiger partial charge in [-0.2, -0.15) is 0 Å². The zero-order valence-corrected chi connectivity index (χ0v) is 23.1. The Kier molecular flexibility index (Phi) is 7.49. The highest BCUT2D eigenvalue weighted by molar-refractivity contribution is 6.06. The molecule has 2 aliphatic rings. The summed E-state index contributed by atoms with van der Waals surface area (Å²) in [7, 11) is 1.84. The average molecular weight is 533 g/mol. The molecule has 1 aliphatic carbocycles. The van der Waals surface area contributed by atoms with Crippen molar-refractivity contribution in [3.63, 3.8) is 0 Å². The lowest BCUT2D eigenvalue weighted by atomic mass is 9.84. The number of hydrogen-bond donors (Lipinski definition) is 0. The molecule has 4 aromatic rings. The smallest absolute Gasteiger partial charge is 0.270 e. The highest BCUT2D eigenvalue weighted by Gasteiger charge is 2.28. The molecule has 6 nitrogen and oxygen atoms in total. The van der Waals surface area contributed by atoms with Crippen LogP contribution in [0, 0.1) is 0 Å². The first-order chi connectivity index (χ1) is 19.6. The molecule has 2 aromatic heterocycles. The lowest BCUT2D eigenvalue weighted by Crippen LogP contribution is -2.31. The quantitative estimate of drug-likeness (QED) is 0.287. The Morgan fingerprint density at radius 2 is 1.65 bits per heavy atom. The van der Waals surface area contributed by atoms with Crippen molar-refractivity contribution in [3.8, 4) is 0 Å². The molecule has 0 radical (unpaired) electrons. The third-order valence-corrected chi connectivity index (χ3v) is 8.48. The van der Waals surface area contributed by atoms with Gasteiger partial charge in [-0.3, -0.25) is 14.6 Å². The number of rotatable bonds is 6. The maximum Gasteiger partial charge on any atom is 0.270 e. The zero-order chi connectivity index (χ0) is 27.5. The lowest BCUT2D eigenvalue weighted by molar-refractivity contribution is 0.0785. The van der Waals surface area contributed by atoms with Crippen LogP contribution in [0.15, 0.2) is 85.1 Å². The number of para-hydroxylation sites is 1. The van der Waals surface area contributed by atoms with Gasteiger partial charge in [0.1, 0.15) is 5.69 Å². The number of benzene rings is 2. The van der Waals surface area contributed by atoms with Crippen molar-refractivity contribution in [1.29, 1.82) is 0 Å². The third-order valence-electron chi connectivity index (χ3n) is 8.48. The monoisotopic (exact) mass is 532 g/mol. The van der Waals surface area contributed by atoms with Crippen LogP contribution in [0.5, 0.6) is 0 Å². The predicted octanol–water partition coefficient (Wildman–Crippen LogP) is 6.45. The molecule has 40 heavy (non-hydrogen) atoms. The minimum Gasteiger partial charge on any atom is -0.340 e. The van der Waals surface area contributed by atoms with Gasteiger partial charge in [-0.05, 0) is 72.4 Å². The molecular weight excluding hydrogens is 496 g/mol. The van der Waals surface area contributed by atoms with E-state index in [0.717, 1.165) is 22.6 Å². The maximum atomic E-state index is 13.9. The molecule has 2 aromatic carbocycles. The van der Waals surface area contributed by atoms with Gasteiger partial charge in [0.15, 0.2) is 0 Å². The molecule has 0 saturated heterocycles. The Hall–Kier alpha value is -4.19. The van der Waals surface area contributed by atoms with Gasteiger partial charge < -0.3 is 14.4 Å². The molecule has 1 saturated carbocycles. The summed E-state index contributed by atoms with van der Waals surface area (Å²) in [5, 5.41) is 0. The average Bonchev–Trinajstić information content (AvgIpc) is 3.33. The molecule has 204 valence electrons. The van der Waals surface area contributed by atoms with Gasteiger partial charge in [-0.15, -0.1) is 0 Å². The number of hydrogen-bond acceptors (Lipinski definition) is 3. The Balaban J connectivity index is 1.24. The molecule has 1 aliphatic heterocycles. The van der Waals surface area contributed by atoms with Crippen molar-refractivity contribution >= 4 is 17.5 Å². The topological polar surface area (TPSA) is 58.4 Å². The van der Waals surface area contributed by atoms with Crippen molar-refractivity contribution in [2.24, 2.45) is 0 Å². The van der Waals surface area contributed by atoms with Crippen molar-refractivity contribution in [1.82, 2.24) is 14.5 Å². The third kappa shape index (κ3) is 5.31. The zero-order valence-electron chi connectivity index (χ0n) is 23.1. The number of carbonyl (C=O) groups is 2. The predicted molar refractivity (Wildman–Crippen MR) is 158 cm³/mol. The minimum atomic E-state index is -0.0299. The van der Waals surface area contributed by atoms with Crippen molar-refractivity contribution < 1.29 is 9.59 Å². The highest BCUT2D eigenvalue weighted by Crippen LogP contribution is 2.34. The first-order valence-corrected chi connectivity index (χ1v) is 14.4. The van der Waals surface area contributed by atoms with Gasteiger partial charge >= 0.3 is 0 Å². The van der Waals surface area contributed by atoms with E-state index < -0.39 is 0 Å². The number of likely N-dealkylation sites (N-methyl/N-ethyl adjacent to an activating group) is 1. The largest absolute Gasteiger partial charge is 0.340 e. The van der Waals surface area contributed by atoms with E-state index in [1.54, 1.807) is 11.1 Å². The second kappa shape index (κ2) is 11.5. The van der Waals surface area contributed by atoms with Gasteiger partial charge in [0.05, 0.1) is 13.1 Å². The van der Waals surface area contributed by atoms with Gasteiger partial charge in [0.25, 0.3) is 11.8 Å². The van der Waals surface area contributed by atoms with Crippen molar-refractivity contribution in [2.75, 3.05) is 18.5 Å². The summed E-state index contributed by atoms with van der Waals surface area (Å²) in [4.78, 5) is 35.4. The number of carbonyl (C=O) groups excluding carboxylic acids is 2. The number of pyridine rings is 1. The van der Waals surface area contributed by atoms with Crippen LogP contribution < -0.4 is 4.90 Å². The summed E-state index contributed by atoms with van der Waals surface area (Å²) in [5.41, 5.74) is 6.51. The van der Waals surface area contributed by atoms with Gasteiger partial charge in [-0.1, -0.05) is 55.7 Å². The molecule has 0 atom stereocenters. The second-order valence-electron chi connectivity index (χ2n) is 11.1. The van der Waals surface area contributed by atoms with Crippen LogP contribution in [0.25, 0.3) is 0 Å². The number of nitrogens with zero attached hydrogens (tertiary/aromatic N) is 4. The van der Waals surface area contributed by atoms with E-state index in [4.69, 9.17) is 0 Å². The fourth-order valence-electron chi connectivity index (χ4n) is 6.14. The first-order valence-electron chi connectivity index (χ1n) is 14.4. The lowest BCUT2D eigenvalue weighted by Gasteiger charge is -2.24. The van der Waals surface area contributed by atoms with E-state index in [1.165, 1.54) is 37.7 Å². The molecule has 0 N–H and O–H groups in total. The molecule has 0 spiro atoms. The molecule has 2 amide bonds. The number of anilines is 1. The van der Waals surface area contributed by atoms with E-state index in [-0.39, 0.29) is 11.8 Å². The molecule has 3 heterocycles. The molecule has 0 unspecified atom stereocenters. The van der Waals surface area contributed by atoms with Gasteiger partial charge in [-0.25, -0.2) is 0 Å². The Morgan fingerprint density at radius 3 is 2.42 bits per heavy atom. The fourth-order valence-corrected chi connectivity index (χ4v) is 6.14. The van der Waals surface area contributed by atoms with Gasteiger partial charge in [0, 0.05) is 48.8 Å². The van der Waals surface area contributed by atoms with Crippen LogP contribution in [-0.4, -0.2) is 39.9 Å². The summed E-state index contributed by atoms with van der Waals surface area (Å²) in [5.74, 6) is 0.563. The van der Waals surface area contributed by atoms with E-state index in [2.05, 4.69) is 27.8 Å². The number of fused-ring (bicyclic) bond motifs is 2. The summed E-state index contributed by atoms with van der Waals surface area (Å²) in [6.07, 6.45) is 8.87. The first kappa shape index (κ1) is 26.1. The summed E-state index contributed by atoms with van der Waals surface area (Å²) in [6.45, 7) is 1.53. The molecule has 0 bridgehead atoms. The van der Waals surface area contributed by atoms with Crippen LogP contribution >= 0.6 is 0 Å². The van der Waals surface area contributed by atoms with Crippen molar-refractivity contribution in [3.05, 3.63) is 119 Å². The van der Waals surface area contributed by atoms with Crippen LogP contribution in [0.1, 0.15) is 81.4 Å². The summed E-state index contributed by atoms with van der Waals surface area (Å²) >= 11 is 0. The van der Waals surface area contributed by atoms with E-state index in [9.17, 15) is 9.59 Å². The standard InChI is InChI=1S/C34H36N4O2/c1-36(22-20-29-12-7-8-21-35-29)34(40)32-19-18-30-24-38(31-13-6-5-11-28(31)23-37(30)32)33(39)27-16-14-26(15-17-27)25-9-3-2-4-10-25/h5-8,11-19,21,25H,2-4,9-10,20,22-24H2,1H3. The molecular formula is C34H36N4O2. The van der Waals surface area contributed by atoms with Gasteiger partial charge in [0.2, 0.25) is 0 Å².